The molecule has 2 aromatic carbocycles. The van der Waals surface area contributed by atoms with Crippen molar-refractivity contribution in [1.82, 2.24) is 20.5 Å². The van der Waals surface area contributed by atoms with Crippen LogP contribution in [0, 0.1) is 0 Å². The number of amides is 2. The molecule has 5 rings (SSSR count). The summed E-state index contributed by atoms with van der Waals surface area (Å²) >= 11 is 1.62. The SMILES string of the molecule is O=C(c1ccc(-c2ccc3scnc3c2)cc1)N1CCNC(=O)C2(COC2)NCC1. The van der Waals surface area contributed by atoms with E-state index in [9.17, 15) is 9.59 Å². The Morgan fingerprint density at radius 2 is 1.83 bits per heavy atom. The Morgan fingerprint density at radius 3 is 2.60 bits per heavy atom. The van der Waals surface area contributed by atoms with Gasteiger partial charge in [0, 0.05) is 31.7 Å². The highest BCUT2D eigenvalue weighted by atomic mass is 32.1. The van der Waals surface area contributed by atoms with Gasteiger partial charge >= 0.3 is 0 Å². The number of rotatable bonds is 2. The van der Waals surface area contributed by atoms with Gasteiger partial charge in [-0.2, -0.15) is 0 Å². The van der Waals surface area contributed by atoms with Crippen LogP contribution < -0.4 is 10.6 Å². The molecule has 2 aliphatic heterocycles. The molecule has 1 aromatic heterocycles. The number of ether oxygens (including phenoxy) is 1. The van der Waals surface area contributed by atoms with E-state index < -0.39 is 5.54 Å². The zero-order valence-electron chi connectivity index (χ0n) is 16.4. The first kappa shape index (κ1) is 19.2. The van der Waals surface area contributed by atoms with Crippen molar-refractivity contribution in [3.05, 3.63) is 53.5 Å². The van der Waals surface area contributed by atoms with Crippen LogP contribution in [-0.4, -0.2) is 66.6 Å². The van der Waals surface area contributed by atoms with E-state index in [1.165, 1.54) is 0 Å². The van der Waals surface area contributed by atoms with Crippen molar-refractivity contribution in [2.45, 2.75) is 5.54 Å². The molecule has 2 amide bonds. The highest BCUT2D eigenvalue weighted by molar-refractivity contribution is 7.16. The quantitative estimate of drug-likeness (QED) is 0.659. The Hall–Kier alpha value is -2.81. The average molecular weight is 423 g/mol. The van der Waals surface area contributed by atoms with E-state index in [2.05, 4.69) is 33.8 Å². The Morgan fingerprint density at radius 1 is 1.07 bits per heavy atom. The van der Waals surface area contributed by atoms with E-state index in [-0.39, 0.29) is 11.8 Å². The topological polar surface area (TPSA) is 83.6 Å². The maximum atomic E-state index is 13.0. The minimum Gasteiger partial charge on any atom is -0.376 e. The summed E-state index contributed by atoms with van der Waals surface area (Å²) in [5, 5.41) is 6.18. The number of fused-ring (bicyclic) bond motifs is 1. The third-order valence-corrected chi connectivity index (χ3v) is 6.54. The molecule has 8 heteroatoms. The van der Waals surface area contributed by atoms with Crippen LogP contribution in [0.2, 0.25) is 0 Å². The maximum absolute atomic E-state index is 13.0. The van der Waals surface area contributed by atoms with E-state index in [0.717, 1.165) is 21.3 Å². The van der Waals surface area contributed by atoms with Crippen molar-refractivity contribution < 1.29 is 14.3 Å². The number of hydrogen-bond donors (Lipinski definition) is 2. The van der Waals surface area contributed by atoms with Crippen LogP contribution in [0.1, 0.15) is 10.4 Å². The summed E-state index contributed by atoms with van der Waals surface area (Å²) in [5.74, 6) is -0.0853. The second-order valence-corrected chi connectivity index (χ2v) is 8.55. The summed E-state index contributed by atoms with van der Waals surface area (Å²) in [6.45, 7) is 2.75. The van der Waals surface area contributed by atoms with Crippen molar-refractivity contribution in [2.24, 2.45) is 0 Å². The summed E-state index contributed by atoms with van der Waals surface area (Å²) in [5.41, 5.74) is 4.96. The fourth-order valence-electron chi connectivity index (χ4n) is 3.86. The lowest BCUT2D eigenvalue weighted by Gasteiger charge is -2.40. The zero-order chi connectivity index (χ0) is 20.6. The van der Waals surface area contributed by atoms with Crippen molar-refractivity contribution in [3.63, 3.8) is 0 Å². The van der Waals surface area contributed by atoms with Gasteiger partial charge in [0.15, 0.2) is 0 Å². The molecule has 7 nitrogen and oxygen atoms in total. The van der Waals surface area contributed by atoms with Gasteiger partial charge in [-0.05, 0) is 35.4 Å². The molecule has 3 aromatic rings. The maximum Gasteiger partial charge on any atom is 0.253 e. The molecule has 0 atom stereocenters. The van der Waals surface area contributed by atoms with Crippen molar-refractivity contribution in [3.8, 4) is 11.1 Å². The number of thiazole rings is 1. The van der Waals surface area contributed by atoms with Crippen LogP contribution in [-0.2, 0) is 9.53 Å². The molecule has 1 spiro atoms. The second kappa shape index (κ2) is 7.79. The lowest BCUT2D eigenvalue weighted by molar-refractivity contribution is -0.147. The summed E-state index contributed by atoms with van der Waals surface area (Å²) in [4.78, 5) is 31.5. The molecule has 0 radical (unpaired) electrons. The molecule has 30 heavy (non-hydrogen) atoms. The Balaban J connectivity index is 1.30. The van der Waals surface area contributed by atoms with Gasteiger partial charge in [-0.1, -0.05) is 18.2 Å². The lowest BCUT2D eigenvalue weighted by Crippen LogP contribution is -2.69. The minimum absolute atomic E-state index is 0.0339. The van der Waals surface area contributed by atoms with Crippen molar-refractivity contribution in [1.29, 1.82) is 0 Å². The highest BCUT2D eigenvalue weighted by Gasteiger charge is 2.45. The first-order valence-electron chi connectivity index (χ1n) is 9.99. The molecule has 2 aliphatic rings. The highest BCUT2D eigenvalue weighted by Crippen LogP contribution is 2.26. The summed E-state index contributed by atoms with van der Waals surface area (Å²) in [7, 11) is 0. The van der Waals surface area contributed by atoms with Crippen molar-refractivity contribution >= 4 is 33.4 Å². The van der Waals surface area contributed by atoms with Gasteiger partial charge in [-0.15, -0.1) is 11.3 Å². The number of hydrogen-bond acceptors (Lipinski definition) is 6. The number of aromatic nitrogens is 1. The Labute approximate surface area is 178 Å². The first-order valence-corrected chi connectivity index (χ1v) is 10.9. The van der Waals surface area contributed by atoms with E-state index >= 15 is 0 Å². The number of carbonyl (C=O) groups excluding carboxylic acids is 2. The van der Waals surface area contributed by atoms with E-state index in [1.54, 1.807) is 16.2 Å². The molecule has 0 unspecified atom stereocenters. The van der Waals surface area contributed by atoms with Crippen LogP contribution in [0.25, 0.3) is 21.3 Å². The standard InChI is InChI=1S/C22H22N4O3S/c27-20(26-9-7-23-21(28)22(12-29-13-22)25-8-10-26)16-3-1-15(2-4-16)17-5-6-19-18(11-17)24-14-30-19/h1-6,11,14,25H,7-10,12-13H2,(H,23,28). The molecule has 0 bridgehead atoms. The van der Waals surface area contributed by atoms with Gasteiger partial charge in [0.25, 0.3) is 5.91 Å². The minimum atomic E-state index is -0.640. The first-order chi connectivity index (χ1) is 14.6. The zero-order valence-corrected chi connectivity index (χ0v) is 17.2. The van der Waals surface area contributed by atoms with E-state index in [4.69, 9.17) is 4.74 Å². The molecule has 2 fully saturated rings. The molecular weight excluding hydrogens is 400 g/mol. The van der Waals surface area contributed by atoms with E-state index in [1.807, 2.05) is 29.8 Å². The molecule has 154 valence electrons. The van der Waals surface area contributed by atoms with Crippen molar-refractivity contribution in [2.75, 3.05) is 39.4 Å². The number of carbonyl (C=O) groups is 2. The Kier molecular flexibility index (Phi) is 4.98. The summed E-state index contributed by atoms with van der Waals surface area (Å²) in [6, 6.07) is 13.9. The van der Waals surface area contributed by atoms with Crippen LogP contribution >= 0.6 is 11.3 Å². The van der Waals surface area contributed by atoms with Gasteiger partial charge in [0.05, 0.1) is 28.9 Å². The third kappa shape index (κ3) is 3.47. The molecular formula is C22H22N4O3S. The van der Waals surface area contributed by atoms with Gasteiger partial charge in [-0.3, -0.25) is 14.9 Å². The van der Waals surface area contributed by atoms with Crippen LogP contribution in [0.4, 0.5) is 0 Å². The van der Waals surface area contributed by atoms with E-state index in [0.29, 0.717) is 45.0 Å². The predicted molar refractivity (Wildman–Crippen MR) is 116 cm³/mol. The fourth-order valence-corrected chi connectivity index (χ4v) is 4.52. The lowest BCUT2D eigenvalue weighted by atomic mass is 9.96. The molecule has 0 saturated carbocycles. The van der Waals surface area contributed by atoms with Gasteiger partial charge in [0.1, 0.15) is 5.54 Å². The fraction of sp³-hybridized carbons (Fsp3) is 0.318. The third-order valence-electron chi connectivity index (χ3n) is 5.73. The second-order valence-electron chi connectivity index (χ2n) is 7.66. The Bertz CT molecular complexity index is 1090. The molecule has 3 heterocycles. The van der Waals surface area contributed by atoms with Gasteiger partial charge < -0.3 is 15.0 Å². The number of nitrogens with zero attached hydrogens (tertiary/aromatic N) is 2. The van der Waals surface area contributed by atoms with Crippen LogP contribution in [0.5, 0.6) is 0 Å². The largest absolute Gasteiger partial charge is 0.376 e. The average Bonchev–Trinajstić information content (AvgIpc) is 3.23. The number of nitrogens with one attached hydrogen (secondary N) is 2. The summed E-state index contributed by atoms with van der Waals surface area (Å²) in [6.07, 6.45) is 0. The predicted octanol–water partition coefficient (Wildman–Crippen LogP) is 1.89. The number of benzene rings is 2. The smallest absolute Gasteiger partial charge is 0.253 e. The monoisotopic (exact) mass is 422 g/mol. The summed E-state index contributed by atoms with van der Waals surface area (Å²) < 4.78 is 6.39. The molecule has 0 aliphatic carbocycles. The molecule has 2 N–H and O–H groups in total. The molecule has 2 saturated heterocycles. The van der Waals surface area contributed by atoms with Gasteiger partial charge in [0.2, 0.25) is 5.91 Å². The van der Waals surface area contributed by atoms with Crippen LogP contribution in [0.3, 0.4) is 0 Å². The van der Waals surface area contributed by atoms with Crippen LogP contribution in [0.15, 0.2) is 48.0 Å². The normalized spacial score (nSPS) is 18.9. The van der Waals surface area contributed by atoms with Gasteiger partial charge in [-0.25, -0.2) is 4.98 Å².